The van der Waals surface area contributed by atoms with Gasteiger partial charge in [0.15, 0.2) is 0 Å². The normalized spacial score (nSPS) is 24.0. The molecule has 1 unspecified atom stereocenters. The van der Waals surface area contributed by atoms with Crippen LogP contribution in [0.2, 0.25) is 0 Å². The zero-order chi connectivity index (χ0) is 17.0. The Labute approximate surface area is 138 Å². The van der Waals surface area contributed by atoms with Crippen LogP contribution in [0.5, 0.6) is 0 Å². The number of fused-ring (bicyclic) bond motifs is 1. The molecule has 0 saturated carbocycles. The molecule has 0 bridgehead atoms. The number of benzene rings is 1. The van der Waals surface area contributed by atoms with E-state index in [9.17, 15) is 13.2 Å². The summed E-state index contributed by atoms with van der Waals surface area (Å²) in [6, 6.07) is 5.27. The Kier molecular flexibility index (Phi) is 3.80. The van der Waals surface area contributed by atoms with Gasteiger partial charge < -0.3 is 4.90 Å². The molecule has 1 aromatic carbocycles. The van der Waals surface area contributed by atoms with E-state index in [1.807, 2.05) is 13.0 Å². The Morgan fingerprint density at radius 3 is 2.43 bits per heavy atom. The minimum absolute atomic E-state index is 0.00857. The number of amides is 1. The van der Waals surface area contributed by atoms with Crippen LogP contribution in [0, 0.1) is 5.41 Å². The van der Waals surface area contributed by atoms with Crippen molar-refractivity contribution in [1.82, 2.24) is 9.21 Å². The van der Waals surface area contributed by atoms with Gasteiger partial charge in [-0.15, -0.1) is 0 Å². The third-order valence-electron chi connectivity index (χ3n) is 4.88. The van der Waals surface area contributed by atoms with E-state index in [1.165, 1.54) is 6.92 Å². The number of hydrogen-bond acceptors (Lipinski definition) is 3. The molecular formula is C17H24N2O3S. The fourth-order valence-electron chi connectivity index (χ4n) is 3.76. The molecule has 1 fully saturated rings. The lowest BCUT2D eigenvalue weighted by Crippen LogP contribution is -2.34. The molecule has 126 valence electrons. The molecule has 1 aromatic rings. The largest absolute Gasteiger partial charge is 0.334 e. The fraction of sp³-hybridized carbons (Fsp3) is 0.588. The number of sulfonamides is 1. The summed E-state index contributed by atoms with van der Waals surface area (Å²) in [5, 5.41) is 0. The van der Waals surface area contributed by atoms with Gasteiger partial charge in [-0.2, -0.15) is 4.31 Å². The molecule has 0 radical (unpaired) electrons. The van der Waals surface area contributed by atoms with E-state index in [-0.39, 0.29) is 17.4 Å². The van der Waals surface area contributed by atoms with Crippen LogP contribution in [-0.4, -0.2) is 36.1 Å². The van der Waals surface area contributed by atoms with Crippen molar-refractivity contribution < 1.29 is 13.2 Å². The Morgan fingerprint density at radius 1 is 1.22 bits per heavy atom. The Bertz CT molecular complexity index is 755. The summed E-state index contributed by atoms with van der Waals surface area (Å²) >= 11 is 0. The third kappa shape index (κ3) is 2.90. The lowest BCUT2D eigenvalue weighted by Gasteiger charge is -2.22. The van der Waals surface area contributed by atoms with Crippen molar-refractivity contribution in [1.29, 1.82) is 0 Å². The first-order valence-corrected chi connectivity index (χ1v) is 9.43. The van der Waals surface area contributed by atoms with E-state index < -0.39 is 10.0 Å². The molecule has 0 spiro atoms. The number of carbonyl (C=O) groups excluding carboxylic acids is 1. The second kappa shape index (κ2) is 5.31. The van der Waals surface area contributed by atoms with Crippen LogP contribution in [0.1, 0.15) is 45.2 Å². The van der Waals surface area contributed by atoms with Crippen LogP contribution in [0.3, 0.4) is 0 Å². The standard InChI is InChI=1S/C17H24N2O3S/c1-12-8-17(3,4)11-19(12)23(21,22)16-6-5-14-9-18(13(2)20)10-15(14)7-16/h5-7,12H,8-11H2,1-4H3. The van der Waals surface area contributed by atoms with Crippen LogP contribution in [0.4, 0.5) is 0 Å². The SMILES string of the molecule is CC(=O)N1Cc2ccc(S(=O)(=O)N3CC(C)(C)CC3C)cc2C1. The summed E-state index contributed by atoms with van der Waals surface area (Å²) in [6.45, 7) is 9.33. The maximum atomic E-state index is 13.0. The number of nitrogens with zero attached hydrogens (tertiary/aromatic N) is 2. The zero-order valence-electron chi connectivity index (χ0n) is 14.2. The van der Waals surface area contributed by atoms with Crippen molar-refractivity contribution in [3.05, 3.63) is 29.3 Å². The van der Waals surface area contributed by atoms with Gasteiger partial charge in [0.25, 0.3) is 0 Å². The molecule has 1 amide bonds. The molecule has 0 N–H and O–H groups in total. The molecule has 23 heavy (non-hydrogen) atoms. The quantitative estimate of drug-likeness (QED) is 0.833. The van der Waals surface area contributed by atoms with Gasteiger partial charge in [0, 0.05) is 32.6 Å². The van der Waals surface area contributed by atoms with Crippen molar-refractivity contribution in [3.8, 4) is 0 Å². The summed E-state index contributed by atoms with van der Waals surface area (Å²) in [5.41, 5.74) is 1.98. The van der Waals surface area contributed by atoms with Crippen molar-refractivity contribution in [3.63, 3.8) is 0 Å². The highest BCUT2D eigenvalue weighted by Gasteiger charge is 2.42. The highest BCUT2D eigenvalue weighted by atomic mass is 32.2. The first kappa shape index (κ1) is 16.5. The highest BCUT2D eigenvalue weighted by Crippen LogP contribution is 2.37. The fourth-order valence-corrected chi connectivity index (χ4v) is 5.62. The topological polar surface area (TPSA) is 57.7 Å². The predicted molar refractivity (Wildman–Crippen MR) is 88.1 cm³/mol. The maximum absolute atomic E-state index is 13.0. The predicted octanol–water partition coefficient (Wildman–Crippen LogP) is 2.36. The van der Waals surface area contributed by atoms with Gasteiger partial charge in [0.05, 0.1) is 4.90 Å². The summed E-state index contributed by atoms with van der Waals surface area (Å²) in [7, 11) is -3.49. The van der Waals surface area contributed by atoms with E-state index in [0.717, 1.165) is 17.5 Å². The lowest BCUT2D eigenvalue weighted by molar-refractivity contribution is -0.129. The molecule has 2 aliphatic rings. The van der Waals surface area contributed by atoms with E-state index in [2.05, 4.69) is 13.8 Å². The van der Waals surface area contributed by atoms with Gasteiger partial charge in [0.1, 0.15) is 0 Å². The molecule has 0 aromatic heterocycles. The zero-order valence-corrected chi connectivity index (χ0v) is 15.0. The van der Waals surface area contributed by atoms with E-state index >= 15 is 0 Å². The summed E-state index contributed by atoms with van der Waals surface area (Å²) < 4.78 is 27.6. The van der Waals surface area contributed by atoms with Crippen molar-refractivity contribution in [2.45, 2.75) is 58.1 Å². The summed E-state index contributed by atoms with van der Waals surface area (Å²) in [6.07, 6.45) is 0.870. The minimum atomic E-state index is -3.49. The monoisotopic (exact) mass is 336 g/mol. The van der Waals surface area contributed by atoms with E-state index in [4.69, 9.17) is 0 Å². The third-order valence-corrected chi connectivity index (χ3v) is 6.83. The second-order valence-electron chi connectivity index (χ2n) is 7.57. The summed E-state index contributed by atoms with van der Waals surface area (Å²) in [5.74, 6) is 0.0144. The van der Waals surface area contributed by atoms with Crippen molar-refractivity contribution in [2.75, 3.05) is 6.54 Å². The van der Waals surface area contributed by atoms with Crippen molar-refractivity contribution >= 4 is 15.9 Å². The number of rotatable bonds is 2. The number of hydrogen-bond donors (Lipinski definition) is 0. The molecule has 2 aliphatic heterocycles. The molecule has 0 aliphatic carbocycles. The van der Waals surface area contributed by atoms with Gasteiger partial charge in [-0.1, -0.05) is 19.9 Å². The van der Waals surface area contributed by atoms with Crippen LogP contribution < -0.4 is 0 Å². The van der Waals surface area contributed by atoms with Gasteiger partial charge in [-0.3, -0.25) is 4.79 Å². The molecule has 3 rings (SSSR count). The van der Waals surface area contributed by atoms with Crippen LogP contribution in [0.25, 0.3) is 0 Å². The molecule has 6 heteroatoms. The average molecular weight is 336 g/mol. The van der Waals surface area contributed by atoms with Crippen LogP contribution >= 0.6 is 0 Å². The van der Waals surface area contributed by atoms with Gasteiger partial charge in [-0.25, -0.2) is 8.42 Å². The highest BCUT2D eigenvalue weighted by molar-refractivity contribution is 7.89. The molecule has 1 atom stereocenters. The first-order valence-electron chi connectivity index (χ1n) is 7.99. The van der Waals surface area contributed by atoms with Gasteiger partial charge in [-0.05, 0) is 42.0 Å². The Balaban J connectivity index is 1.91. The average Bonchev–Trinajstić information content (AvgIpc) is 2.98. The Morgan fingerprint density at radius 2 is 1.87 bits per heavy atom. The lowest BCUT2D eigenvalue weighted by atomic mass is 9.91. The van der Waals surface area contributed by atoms with E-state index in [1.54, 1.807) is 21.3 Å². The van der Waals surface area contributed by atoms with Crippen LogP contribution in [0.15, 0.2) is 23.1 Å². The molecule has 2 heterocycles. The summed E-state index contributed by atoms with van der Waals surface area (Å²) in [4.78, 5) is 13.6. The van der Waals surface area contributed by atoms with Gasteiger partial charge in [0.2, 0.25) is 15.9 Å². The molecule has 1 saturated heterocycles. The molecule has 5 nitrogen and oxygen atoms in total. The maximum Gasteiger partial charge on any atom is 0.243 e. The molecular weight excluding hydrogens is 312 g/mol. The van der Waals surface area contributed by atoms with E-state index in [0.29, 0.717) is 24.5 Å². The van der Waals surface area contributed by atoms with Crippen LogP contribution in [-0.2, 0) is 27.9 Å². The van der Waals surface area contributed by atoms with Crippen molar-refractivity contribution in [2.24, 2.45) is 5.41 Å². The second-order valence-corrected chi connectivity index (χ2v) is 9.46. The Hall–Kier alpha value is -1.40. The minimum Gasteiger partial charge on any atom is -0.334 e. The number of carbonyl (C=O) groups is 1. The van der Waals surface area contributed by atoms with Gasteiger partial charge >= 0.3 is 0 Å². The smallest absolute Gasteiger partial charge is 0.243 e. The first-order chi connectivity index (χ1) is 10.6.